The van der Waals surface area contributed by atoms with Crippen molar-refractivity contribution in [3.8, 4) is 11.1 Å². The van der Waals surface area contributed by atoms with Crippen molar-refractivity contribution in [2.24, 2.45) is 0 Å². The maximum Gasteiger partial charge on any atom is 0.125 e. The summed E-state index contributed by atoms with van der Waals surface area (Å²) < 4.78 is 5.48. The van der Waals surface area contributed by atoms with Gasteiger partial charge in [-0.3, -0.25) is 4.98 Å². The lowest BCUT2D eigenvalue weighted by Crippen LogP contribution is -2.04. The highest BCUT2D eigenvalue weighted by molar-refractivity contribution is 5.83. The summed E-state index contributed by atoms with van der Waals surface area (Å²) in [5.74, 6) is 0.939. The summed E-state index contributed by atoms with van der Waals surface area (Å²) in [6.07, 6.45) is 3.61. The zero-order valence-corrected chi connectivity index (χ0v) is 10.2. The quantitative estimate of drug-likeness (QED) is 0.761. The predicted octanol–water partition coefficient (Wildman–Crippen LogP) is 3.21. The highest BCUT2D eigenvalue weighted by atomic mass is 16.3. The zero-order valence-electron chi connectivity index (χ0n) is 10.2. The van der Waals surface area contributed by atoms with E-state index in [1.54, 1.807) is 6.26 Å². The number of fused-ring (bicyclic) bond motifs is 1. The van der Waals surface area contributed by atoms with Crippen molar-refractivity contribution in [2.45, 2.75) is 6.54 Å². The second-order valence-electron chi connectivity index (χ2n) is 4.20. The minimum absolute atomic E-state index is 0.717. The molecule has 0 saturated carbocycles. The van der Waals surface area contributed by atoms with Crippen LogP contribution in [0.25, 0.3) is 22.0 Å². The molecule has 0 aliphatic rings. The van der Waals surface area contributed by atoms with Gasteiger partial charge in [-0.05, 0) is 25.2 Å². The molecule has 0 spiro atoms. The van der Waals surface area contributed by atoms with Crippen LogP contribution in [-0.2, 0) is 6.54 Å². The Balaban J connectivity index is 2.10. The number of benzene rings is 1. The normalized spacial score (nSPS) is 10.9. The van der Waals surface area contributed by atoms with Crippen molar-refractivity contribution in [1.29, 1.82) is 0 Å². The first-order valence-electron chi connectivity index (χ1n) is 5.94. The fourth-order valence-corrected chi connectivity index (χ4v) is 2.11. The first-order chi connectivity index (χ1) is 8.88. The highest BCUT2D eigenvalue weighted by Gasteiger charge is 2.08. The van der Waals surface area contributed by atoms with Crippen molar-refractivity contribution >= 4 is 10.9 Å². The van der Waals surface area contributed by atoms with Gasteiger partial charge >= 0.3 is 0 Å². The first kappa shape index (κ1) is 11.0. The second kappa shape index (κ2) is 4.63. The topological polar surface area (TPSA) is 38.1 Å². The van der Waals surface area contributed by atoms with Gasteiger partial charge in [-0.15, -0.1) is 0 Å². The lowest BCUT2D eigenvalue weighted by molar-refractivity contribution is 0.497. The van der Waals surface area contributed by atoms with Crippen LogP contribution in [0.15, 0.2) is 53.3 Å². The zero-order chi connectivity index (χ0) is 12.4. The Hall–Kier alpha value is -2.13. The van der Waals surface area contributed by atoms with Gasteiger partial charge in [0.05, 0.1) is 18.3 Å². The number of hydrogen-bond donors (Lipinski definition) is 1. The van der Waals surface area contributed by atoms with E-state index in [0.29, 0.717) is 0 Å². The average Bonchev–Trinajstić information content (AvgIpc) is 2.87. The van der Waals surface area contributed by atoms with E-state index in [9.17, 15) is 0 Å². The van der Waals surface area contributed by atoms with E-state index in [0.717, 1.165) is 34.3 Å². The summed E-state index contributed by atoms with van der Waals surface area (Å²) in [6.45, 7) is 0.717. The van der Waals surface area contributed by atoms with Gasteiger partial charge in [-0.2, -0.15) is 0 Å². The number of aromatic nitrogens is 1. The molecule has 0 radical (unpaired) electrons. The molecule has 18 heavy (non-hydrogen) atoms. The Kier molecular flexibility index (Phi) is 2.82. The van der Waals surface area contributed by atoms with Crippen LogP contribution in [0.3, 0.4) is 0 Å². The van der Waals surface area contributed by atoms with Gasteiger partial charge in [0.15, 0.2) is 0 Å². The van der Waals surface area contributed by atoms with Crippen LogP contribution in [0, 0.1) is 0 Å². The molecule has 0 saturated heterocycles. The first-order valence-corrected chi connectivity index (χ1v) is 5.94. The van der Waals surface area contributed by atoms with Crippen molar-refractivity contribution in [2.75, 3.05) is 7.05 Å². The van der Waals surface area contributed by atoms with Gasteiger partial charge in [0, 0.05) is 22.7 Å². The van der Waals surface area contributed by atoms with Gasteiger partial charge in [0.2, 0.25) is 0 Å². The molecule has 0 aliphatic carbocycles. The summed E-state index contributed by atoms with van der Waals surface area (Å²) in [6, 6.07) is 12.2. The molecule has 0 atom stereocenters. The van der Waals surface area contributed by atoms with E-state index in [-0.39, 0.29) is 0 Å². The minimum Gasteiger partial charge on any atom is -0.467 e. The summed E-state index contributed by atoms with van der Waals surface area (Å²) in [7, 11) is 1.91. The van der Waals surface area contributed by atoms with Crippen LogP contribution in [0.5, 0.6) is 0 Å². The number of para-hydroxylation sites is 1. The lowest BCUT2D eigenvalue weighted by atomic mass is 10.1. The second-order valence-corrected chi connectivity index (χ2v) is 4.20. The van der Waals surface area contributed by atoms with Crippen LogP contribution >= 0.6 is 0 Å². The maximum atomic E-state index is 5.48. The Morgan fingerprint density at radius 1 is 1.22 bits per heavy atom. The molecule has 3 nitrogen and oxygen atoms in total. The summed E-state index contributed by atoms with van der Waals surface area (Å²) in [5.41, 5.74) is 3.20. The molecule has 0 aliphatic heterocycles. The Labute approximate surface area is 105 Å². The molecule has 0 fully saturated rings. The standard InChI is InChI=1S/C15H14N2O/c1-16-10-15-13(6-7-18-15)12-8-11-4-2-3-5-14(11)17-9-12/h2-9,16H,10H2,1H3. The van der Waals surface area contributed by atoms with E-state index >= 15 is 0 Å². The predicted molar refractivity (Wildman–Crippen MR) is 72.2 cm³/mol. The number of nitrogens with one attached hydrogen (secondary N) is 1. The number of rotatable bonds is 3. The molecule has 2 heterocycles. The average molecular weight is 238 g/mol. The largest absolute Gasteiger partial charge is 0.467 e. The number of pyridine rings is 1. The molecular formula is C15H14N2O. The van der Waals surface area contributed by atoms with E-state index in [2.05, 4.69) is 22.4 Å². The molecule has 1 N–H and O–H groups in total. The van der Waals surface area contributed by atoms with Crippen molar-refractivity contribution in [3.63, 3.8) is 0 Å². The Morgan fingerprint density at radius 2 is 2.11 bits per heavy atom. The molecule has 2 aromatic heterocycles. The van der Waals surface area contributed by atoms with Crippen LogP contribution in [0.2, 0.25) is 0 Å². The molecule has 0 bridgehead atoms. The maximum absolute atomic E-state index is 5.48. The van der Waals surface area contributed by atoms with Gasteiger partial charge in [0.25, 0.3) is 0 Å². The third-order valence-electron chi connectivity index (χ3n) is 2.98. The fourth-order valence-electron chi connectivity index (χ4n) is 2.11. The summed E-state index contributed by atoms with van der Waals surface area (Å²) >= 11 is 0. The molecule has 0 amide bonds. The van der Waals surface area contributed by atoms with Crippen molar-refractivity contribution in [3.05, 3.63) is 54.6 Å². The smallest absolute Gasteiger partial charge is 0.125 e. The van der Waals surface area contributed by atoms with Crippen LogP contribution in [0.4, 0.5) is 0 Å². The third kappa shape index (κ3) is 1.89. The van der Waals surface area contributed by atoms with E-state index in [4.69, 9.17) is 4.42 Å². The van der Waals surface area contributed by atoms with E-state index in [1.807, 2.05) is 37.5 Å². The fraction of sp³-hybridized carbons (Fsp3) is 0.133. The molecule has 0 unspecified atom stereocenters. The monoisotopic (exact) mass is 238 g/mol. The van der Waals surface area contributed by atoms with Gasteiger partial charge in [-0.1, -0.05) is 18.2 Å². The molecule has 1 aromatic carbocycles. The minimum atomic E-state index is 0.717. The summed E-state index contributed by atoms with van der Waals surface area (Å²) in [5, 5.41) is 4.25. The van der Waals surface area contributed by atoms with Crippen LogP contribution in [-0.4, -0.2) is 12.0 Å². The van der Waals surface area contributed by atoms with Gasteiger partial charge in [0.1, 0.15) is 5.76 Å². The van der Waals surface area contributed by atoms with Gasteiger partial charge in [-0.25, -0.2) is 0 Å². The van der Waals surface area contributed by atoms with Crippen molar-refractivity contribution < 1.29 is 4.42 Å². The lowest BCUT2D eigenvalue weighted by Gasteiger charge is -2.03. The third-order valence-corrected chi connectivity index (χ3v) is 2.98. The molecular weight excluding hydrogens is 224 g/mol. The number of nitrogens with zero attached hydrogens (tertiary/aromatic N) is 1. The van der Waals surface area contributed by atoms with Crippen LogP contribution < -0.4 is 5.32 Å². The number of furan rings is 1. The van der Waals surface area contributed by atoms with Crippen molar-refractivity contribution in [1.82, 2.24) is 10.3 Å². The van der Waals surface area contributed by atoms with E-state index in [1.165, 1.54) is 0 Å². The van der Waals surface area contributed by atoms with Gasteiger partial charge < -0.3 is 9.73 Å². The summed E-state index contributed by atoms with van der Waals surface area (Å²) in [4.78, 5) is 4.48. The molecule has 3 aromatic rings. The van der Waals surface area contributed by atoms with E-state index < -0.39 is 0 Å². The Morgan fingerprint density at radius 3 is 3.00 bits per heavy atom. The molecule has 3 heteroatoms. The molecule has 90 valence electrons. The highest BCUT2D eigenvalue weighted by Crippen LogP contribution is 2.26. The van der Waals surface area contributed by atoms with Crippen LogP contribution in [0.1, 0.15) is 5.76 Å². The SMILES string of the molecule is CNCc1occc1-c1cnc2ccccc2c1. The number of hydrogen-bond acceptors (Lipinski definition) is 3. The Bertz CT molecular complexity index is 673. The molecule has 3 rings (SSSR count).